The lowest BCUT2D eigenvalue weighted by molar-refractivity contribution is 0.251. The number of rotatable bonds is 7. The van der Waals surface area contributed by atoms with E-state index in [9.17, 15) is 13.9 Å². The predicted molar refractivity (Wildman–Crippen MR) is 79.4 cm³/mol. The molecule has 6 heteroatoms. The molecule has 3 nitrogen and oxygen atoms in total. The van der Waals surface area contributed by atoms with Gasteiger partial charge in [-0.2, -0.15) is 8.78 Å². The van der Waals surface area contributed by atoms with Crippen molar-refractivity contribution in [3.63, 3.8) is 0 Å². The Bertz CT molecular complexity index is 574. The summed E-state index contributed by atoms with van der Waals surface area (Å²) in [6, 6.07) is 10.6. The lowest BCUT2D eigenvalue weighted by Gasteiger charge is -2.13. The molecule has 0 aliphatic rings. The van der Waals surface area contributed by atoms with Crippen LogP contribution in [-0.2, 0) is 12.3 Å². The van der Waals surface area contributed by atoms with Crippen LogP contribution < -0.4 is 5.32 Å². The molecule has 0 aliphatic carbocycles. The topological polar surface area (TPSA) is 45.4 Å². The lowest BCUT2D eigenvalue weighted by atomic mass is 10.1. The quantitative estimate of drug-likeness (QED) is 0.800. The third-order valence-electron chi connectivity index (χ3n) is 3.02. The van der Waals surface area contributed by atoms with Crippen LogP contribution in [0.15, 0.2) is 40.8 Å². The molecule has 0 radical (unpaired) electrons. The third kappa shape index (κ3) is 5.06. The van der Waals surface area contributed by atoms with Crippen LogP contribution in [-0.4, -0.2) is 10.9 Å². The second-order valence-electron chi connectivity index (χ2n) is 4.64. The Kier molecular flexibility index (Phi) is 5.64. The molecule has 0 amide bonds. The summed E-state index contributed by atoms with van der Waals surface area (Å²) in [7, 11) is 0. The van der Waals surface area contributed by atoms with Gasteiger partial charge < -0.3 is 14.8 Å². The van der Waals surface area contributed by atoms with Crippen LogP contribution in [0.5, 0.6) is 5.75 Å². The number of nitrogens with one attached hydrogen (secondary N) is 1. The molecule has 0 saturated carbocycles. The summed E-state index contributed by atoms with van der Waals surface area (Å²) in [4.78, 5) is 0. The van der Waals surface area contributed by atoms with Crippen molar-refractivity contribution in [3.8, 4) is 5.75 Å². The first-order valence-electron chi connectivity index (χ1n) is 6.54. The number of thioether (sulfide) groups is 1. The van der Waals surface area contributed by atoms with E-state index >= 15 is 0 Å². The average molecular weight is 313 g/mol. The highest BCUT2D eigenvalue weighted by atomic mass is 32.2. The summed E-state index contributed by atoms with van der Waals surface area (Å²) in [5, 5.41) is 12.7. The molecular formula is C15H17F2NO2S. The van der Waals surface area contributed by atoms with E-state index in [2.05, 4.69) is 5.32 Å². The Morgan fingerprint density at radius 2 is 2.00 bits per heavy atom. The van der Waals surface area contributed by atoms with E-state index in [1.165, 1.54) is 0 Å². The zero-order valence-electron chi connectivity index (χ0n) is 11.6. The fourth-order valence-electron chi connectivity index (χ4n) is 1.91. The summed E-state index contributed by atoms with van der Waals surface area (Å²) < 4.78 is 29.7. The van der Waals surface area contributed by atoms with Crippen LogP contribution in [0.25, 0.3) is 0 Å². The van der Waals surface area contributed by atoms with E-state index in [-0.39, 0.29) is 17.5 Å². The van der Waals surface area contributed by atoms with Crippen molar-refractivity contribution < 1.29 is 18.3 Å². The average Bonchev–Trinajstić information content (AvgIpc) is 2.90. The van der Waals surface area contributed by atoms with Gasteiger partial charge in [0.15, 0.2) is 0 Å². The van der Waals surface area contributed by atoms with E-state index in [0.717, 1.165) is 5.56 Å². The van der Waals surface area contributed by atoms with Gasteiger partial charge in [0.05, 0.1) is 12.3 Å². The van der Waals surface area contributed by atoms with E-state index in [1.54, 1.807) is 30.3 Å². The molecule has 1 aromatic heterocycles. The summed E-state index contributed by atoms with van der Waals surface area (Å²) in [6.45, 7) is 2.47. The number of halogens is 2. The van der Waals surface area contributed by atoms with Gasteiger partial charge in [-0.15, -0.1) is 0 Å². The zero-order chi connectivity index (χ0) is 15.2. The van der Waals surface area contributed by atoms with Crippen LogP contribution >= 0.6 is 11.8 Å². The van der Waals surface area contributed by atoms with E-state index in [4.69, 9.17) is 4.42 Å². The van der Waals surface area contributed by atoms with Gasteiger partial charge in [-0.1, -0.05) is 23.9 Å². The molecule has 114 valence electrons. The smallest absolute Gasteiger partial charge is 0.284 e. The van der Waals surface area contributed by atoms with Crippen molar-refractivity contribution >= 4 is 11.8 Å². The van der Waals surface area contributed by atoms with Gasteiger partial charge in [-0.05, 0) is 36.8 Å². The maximum Gasteiger partial charge on any atom is 0.284 e. The fraction of sp³-hybridized carbons (Fsp3) is 0.333. The first-order chi connectivity index (χ1) is 10.0. The van der Waals surface area contributed by atoms with Crippen molar-refractivity contribution in [2.75, 3.05) is 0 Å². The standard InChI is InChI=1S/C15H17F2NO2S/c1-10(11-3-2-4-12(19)7-11)18-8-13-5-6-14(20-13)9-21-15(16)17/h2-7,10,15,18-19H,8-9H2,1H3. The number of phenolic OH excluding ortho intramolecular Hbond substituents is 1. The van der Waals surface area contributed by atoms with Crippen LogP contribution in [0.4, 0.5) is 8.78 Å². The van der Waals surface area contributed by atoms with Gasteiger partial charge >= 0.3 is 0 Å². The maximum atomic E-state index is 12.1. The summed E-state index contributed by atoms with van der Waals surface area (Å²) >= 11 is 0.545. The van der Waals surface area contributed by atoms with Crippen molar-refractivity contribution in [2.24, 2.45) is 0 Å². The van der Waals surface area contributed by atoms with Crippen molar-refractivity contribution in [2.45, 2.75) is 31.0 Å². The number of benzene rings is 1. The zero-order valence-corrected chi connectivity index (χ0v) is 12.4. The maximum absolute atomic E-state index is 12.1. The van der Waals surface area contributed by atoms with E-state index in [0.29, 0.717) is 29.8 Å². The normalized spacial score (nSPS) is 12.8. The Balaban J connectivity index is 1.85. The summed E-state index contributed by atoms with van der Waals surface area (Å²) in [5.41, 5.74) is 0.968. The van der Waals surface area contributed by atoms with E-state index < -0.39 is 5.76 Å². The second kappa shape index (κ2) is 7.47. The molecule has 21 heavy (non-hydrogen) atoms. The highest BCUT2D eigenvalue weighted by Gasteiger charge is 2.09. The van der Waals surface area contributed by atoms with Crippen molar-refractivity contribution in [1.29, 1.82) is 0 Å². The Labute approximate surface area is 126 Å². The van der Waals surface area contributed by atoms with Gasteiger partial charge in [0.2, 0.25) is 0 Å². The molecule has 2 rings (SSSR count). The van der Waals surface area contributed by atoms with Crippen molar-refractivity contribution in [1.82, 2.24) is 5.32 Å². The number of hydrogen-bond donors (Lipinski definition) is 2. The van der Waals surface area contributed by atoms with Crippen LogP contribution in [0.3, 0.4) is 0 Å². The molecule has 0 spiro atoms. The summed E-state index contributed by atoms with van der Waals surface area (Å²) in [6.07, 6.45) is 0. The summed E-state index contributed by atoms with van der Waals surface area (Å²) in [5.74, 6) is -0.748. The predicted octanol–water partition coefficient (Wildman–Crippen LogP) is 4.29. The molecule has 1 atom stereocenters. The lowest BCUT2D eigenvalue weighted by Crippen LogP contribution is -2.17. The molecule has 2 N–H and O–H groups in total. The monoisotopic (exact) mass is 313 g/mol. The first kappa shape index (κ1) is 15.9. The number of furan rings is 1. The van der Waals surface area contributed by atoms with Crippen LogP contribution in [0.1, 0.15) is 30.0 Å². The molecule has 0 bridgehead atoms. The number of aromatic hydroxyl groups is 1. The molecule has 1 unspecified atom stereocenters. The van der Waals surface area contributed by atoms with Gasteiger partial charge in [-0.3, -0.25) is 0 Å². The highest BCUT2D eigenvalue weighted by molar-refractivity contribution is 7.98. The molecule has 1 heterocycles. The molecular weight excluding hydrogens is 296 g/mol. The van der Waals surface area contributed by atoms with Crippen molar-refractivity contribution in [3.05, 3.63) is 53.5 Å². The Morgan fingerprint density at radius 3 is 2.71 bits per heavy atom. The minimum absolute atomic E-state index is 0.0427. The minimum atomic E-state index is -2.39. The van der Waals surface area contributed by atoms with Gasteiger partial charge in [-0.25, -0.2) is 0 Å². The Hall–Kier alpha value is -1.53. The fourth-order valence-corrected chi connectivity index (χ4v) is 2.35. The molecule has 2 aromatic rings. The SMILES string of the molecule is CC(NCc1ccc(CSC(F)F)o1)c1cccc(O)c1. The number of alkyl halides is 2. The largest absolute Gasteiger partial charge is 0.508 e. The van der Waals surface area contributed by atoms with E-state index in [1.807, 2.05) is 13.0 Å². The van der Waals surface area contributed by atoms with Gasteiger partial charge in [0.25, 0.3) is 5.76 Å². The molecule has 0 saturated heterocycles. The van der Waals surface area contributed by atoms with Crippen LogP contribution in [0.2, 0.25) is 0 Å². The second-order valence-corrected chi connectivity index (χ2v) is 5.62. The van der Waals surface area contributed by atoms with Gasteiger partial charge in [0.1, 0.15) is 17.3 Å². The molecule has 0 aliphatic heterocycles. The minimum Gasteiger partial charge on any atom is -0.508 e. The van der Waals surface area contributed by atoms with Gasteiger partial charge in [0, 0.05) is 6.04 Å². The van der Waals surface area contributed by atoms with Crippen LogP contribution in [0, 0.1) is 0 Å². The molecule has 1 aromatic carbocycles. The number of phenols is 1. The molecule has 0 fully saturated rings. The first-order valence-corrected chi connectivity index (χ1v) is 7.59. The highest BCUT2D eigenvalue weighted by Crippen LogP contribution is 2.22. The number of hydrogen-bond acceptors (Lipinski definition) is 4. The third-order valence-corrected chi connectivity index (χ3v) is 3.72. The Morgan fingerprint density at radius 1 is 1.24 bits per heavy atom.